The predicted molar refractivity (Wildman–Crippen MR) is 108 cm³/mol. The van der Waals surface area contributed by atoms with Crippen molar-refractivity contribution >= 4 is 34.5 Å². The fourth-order valence-electron chi connectivity index (χ4n) is 2.62. The fourth-order valence-corrected chi connectivity index (χ4v) is 2.86. The Balaban J connectivity index is 1.98. The minimum absolute atomic E-state index is 0.00218. The highest BCUT2D eigenvalue weighted by Crippen LogP contribution is 2.23. The highest BCUT2D eigenvalue weighted by molar-refractivity contribution is 6.49. The molecule has 2 rings (SSSR count). The number of anilines is 1. The molecule has 0 atom stereocenters. The molecule has 0 fully saturated rings. The molecule has 8 heteroatoms. The first-order chi connectivity index (χ1) is 13.0. The number of nitrogens with two attached hydrogens (primary N) is 1. The average Bonchev–Trinajstić information content (AvgIpc) is 2.66. The van der Waals surface area contributed by atoms with Crippen molar-refractivity contribution in [3.8, 4) is 0 Å². The van der Waals surface area contributed by atoms with Crippen molar-refractivity contribution in [1.82, 2.24) is 4.90 Å². The Morgan fingerprint density at radius 1 is 1.15 bits per heavy atom. The quantitative estimate of drug-likeness (QED) is 0.473. The maximum atomic E-state index is 11.8. The molecule has 0 aromatic heterocycles. The van der Waals surface area contributed by atoms with Crippen LogP contribution in [-0.4, -0.2) is 66.0 Å². The summed E-state index contributed by atoms with van der Waals surface area (Å²) in [6.07, 6.45) is 1.63. The first-order valence-corrected chi connectivity index (χ1v) is 9.09. The van der Waals surface area contributed by atoms with E-state index in [9.17, 15) is 4.79 Å². The van der Waals surface area contributed by atoms with Crippen LogP contribution in [0.2, 0.25) is 0 Å². The van der Waals surface area contributed by atoms with Gasteiger partial charge in [0, 0.05) is 37.4 Å². The number of hydrogen-bond donors (Lipinski definition) is 4. The Hall–Kier alpha value is -2.19. The maximum absolute atomic E-state index is 11.8. The number of nitrogens with zero attached hydrogens (tertiary/aromatic N) is 2. The van der Waals surface area contributed by atoms with Gasteiger partial charge in [0.05, 0.1) is 30.3 Å². The van der Waals surface area contributed by atoms with Gasteiger partial charge < -0.3 is 21.3 Å². The summed E-state index contributed by atoms with van der Waals surface area (Å²) in [5.41, 5.74) is 8.68. The Morgan fingerprint density at radius 2 is 1.78 bits per heavy atom. The number of halogens is 1. The number of benzene rings is 1. The van der Waals surface area contributed by atoms with Gasteiger partial charge >= 0.3 is 0 Å². The van der Waals surface area contributed by atoms with Gasteiger partial charge in [-0.3, -0.25) is 9.69 Å². The summed E-state index contributed by atoms with van der Waals surface area (Å²) in [4.78, 5) is 18.2. The maximum Gasteiger partial charge on any atom is 0.202 e. The van der Waals surface area contributed by atoms with E-state index in [-0.39, 0.29) is 29.7 Å². The molecule has 0 bridgehead atoms. The Kier molecular flexibility index (Phi) is 7.99. The summed E-state index contributed by atoms with van der Waals surface area (Å²) in [5, 5.41) is 21.3. The van der Waals surface area contributed by atoms with Crippen LogP contribution in [0.3, 0.4) is 0 Å². The van der Waals surface area contributed by atoms with Gasteiger partial charge in [-0.25, -0.2) is 4.99 Å². The molecule has 5 N–H and O–H groups in total. The van der Waals surface area contributed by atoms with E-state index in [1.165, 1.54) is 0 Å². The van der Waals surface area contributed by atoms with Crippen molar-refractivity contribution in [3.05, 3.63) is 46.6 Å². The van der Waals surface area contributed by atoms with E-state index in [1.807, 2.05) is 29.2 Å². The third-order valence-electron chi connectivity index (χ3n) is 4.13. The van der Waals surface area contributed by atoms with Crippen molar-refractivity contribution < 1.29 is 15.0 Å². The van der Waals surface area contributed by atoms with Gasteiger partial charge in [-0.05, 0) is 37.3 Å². The van der Waals surface area contributed by atoms with Crippen LogP contribution in [0.1, 0.15) is 6.92 Å². The monoisotopic (exact) mass is 392 g/mol. The van der Waals surface area contributed by atoms with E-state index in [4.69, 9.17) is 27.5 Å². The smallest absolute Gasteiger partial charge is 0.202 e. The van der Waals surface area contributed by atoms with E-state index in [0.29, 0.717) is 43.2 Å². The first-order valence-electron chi connectivity index (χ1n) is 8.71. The number of aliphatic imine (C=N–C) groups is 1. The highest BCUT2D eigenvalue weighted by atomic mass is 35.5. The molecule has 0 saturated heterocycles. The number of Topliss-reactive ketones (excluding diaryl/α,β-unsaturated/α-hetero) is 1. The lowest BCUT2D eigenvalue weighted by atomic mass is 10.0. The van der Waals surface area contributed by atoms with Crippen LogP contribution in [0, 0.1) is 0 Å². The largest absolute Gasteiger partial charge is 0.396 e. The lowest BCUT2D eigenvalue weighted by Gasteiger charge is -2.20. The zero-order valence-electron chi connectivity index (χ0n) is 15.3. The second kappa shape index (κ2) is 10.2. The molecule has 1 aromatic rings. The normalized spacial score (nSPS) is 16.3. The van der Waals surface area contributed by atoms with Gasteiger partial charge in [0.1, 0.15) is 5.03 Å². The number of hydrogen-bond acceptors (Lipinski definition) is 7. The molecule has 1 aliphatic rings. The molecule has 0 unspecified atom stereocenters. The number of aliphatic hydroxyl groups is 2. The number of aliphatic hydroxyl groups excluding tert-OH is 2. The standard InChI is InChI=1S/C19H25ClN4O3/c1-13-12-16(18(21)17(20)19(13)27)23-15-4-2-14(3-5-15)22-6-7-24(8-10-25)9-11-26/h2-5,12,22,25-26H,6-11,21H2,1H3/b23-16+. The second-order valence-electron chi connectivity index (χ2n) is 6.14. The Bertz CT molecular complexity index is 751. The number of carbonyl (C=O) groups is 1. The van der Waals surface area contributed by atoms with Crippen molar-refractivity contribution in [2.24, 2.45) is 10.7 Å². The van der Waals surface area contributed by atoms with Crippen LogP contribution in [0.15, 0.2) is 51.6 Å². The zero-order chi connectivity index (χ0) is 19.8. The third kappa shape index (κ3) is 5.90. The zero-order valence-corrected chi connectivity index (χ0v) is 16.0. The average molecular weight is 393 g/mol. The number of rotatable bonds is 9. The molecule has 0 amide bonds. The molecule has 146 valence electrons. The van der Waals surface area contributed by atoms with Gasteiger partial charge in [-0.1, -0.05) is 11.6 Å². The molecule has 0 saturated carbocycles. The second-order valence-corrected chi connectivity index (χ2v) is 6.52. The lowest BCUT2D eigenvalue weighted by molar-refractivity contribution is -0.111. The van der Waals surface area contributed by atoms with Gasteiger partial charge in [-0.15, -0.1) is 0 Å². The molecular weight excluding hydrogens is 368 g/mol. The summed E-state index contributed by atoms with van der Waals surface area (Å²) in [7, 11) is 0. The van der Waals surface area contributed by atoms with Crippen LogP contribution in [-0.2, 0) is 4.79 Å². The van der Waals surface area contributed by atoms with E-state index >= 15 is 0 Å². The Morgan fingerprint density at radius 3 is 2.37 bits per heavy atom. The van der Waals surface area contributed by atoms with Crippen LogP contribution < -0.4 is 11.1 Å². The Labute approximate surface area is 163 Å². The molecule has 0 heterocycles. The van der Waals surface area contributed by atoms with Gasteiger partial charge in [0.15, 0.2) is 0 Å². The SMILES string of the molecule is CC1=C/C(=N\c2ccc(NCCN(CCO)CCO)cc2)C(N)=C(Cl)C1=O. The van der Waals surface area contributed by atoms with Crippen molar-refractivity contribution in [2.45, 2.75) is 6.92 Å². The van der Waals surface area contributed by atoms with Crippen LogP contribution >= 0.6 is 11.6 Å². The minimum Gasteiger partial charge on any atom is -0.396 e. The van der Waals surface area contributed by atoms with Crippen molar-refractivity contribution in [3.63, 3.8) is 0 Å². The highest BCUT2D eigenvalue weighted by Gasteiger charge is 2.21. The van der Waals surface area contributed by atoms with E-state index in [0.717, 1.165) is 5.69 Å². The summed E-state index contributed by atoms with van der Waals surface area (Å²) in [6.45, 7) is 4.27. The summed E-state index contributed by atoms with van der Waals surface area (Å²) in [5.74, 6) is -0.274. The molecule has 0 spiro atoms. The van der Waals surface area contributed by atoms with Crippen LogP contribution in [0.5, 0.6) is 0 Å². The van der Waals surface area contributed by atoms with E-state index < -0.39 is 0 Å². The number of ketones is 1. The van der Waals surface area contributed by atoms with Crippen LogP contribution in [0.25, 0.3) is 0 Å². The minimum atomic E-state index is -0.274. The first kappa shape index (κ1) is 21.1. The predicted octanol–water partition coefficient (Wildman–Crippen LogP) is 1.40. The van der Waals surface area contributed by atoms with E-state index in [2.05, 4.69) is 10.3 Å². The van der Waals surface area contributed by atoms with Gasteiger partial charge in [0.25, 0.3) is 0 Å². The van der Waals surface area contributed by atoms with Crippen LogP contribution in [0.4, 0.5) is 11.4 Å². The van der Waals surface area contributed by atoms with Crippen molar-refractivity contribution in [1.29, 1.82) is 0 Å². The molecular formula is C19H25ClN4O3. The fraction of sp³-hybridized carbons (Fsp3) is 0.368. The van der Waals surface area contributed by atoms with E-state index in [1.54, 1.807) is 13.0 Å². The lowest BCUT2D eigenvalue weighted by Crippen LogP contribution is -2.34. The molecule has 27 heavy (non-hydrogen) atoms. The summed E-state index contributed by atoms with van der Waals surface area (Å²) < 4.78 is 0. The van der Waals surface area contributed by atoms with Crippen molar-refractivity contribution in [2.75, 3.05) is 44.7 Å². The van der Waals surface area contributed by atoms with Gasteiger partial charge in [0.2, 0.25) is 5.78 Å². The number of carbonyl (C=O) groups excluding carboxylic acids is 1. The molecule has 1 aliphatic carbocycles. The van der Waals surface area contributed by atoms with Gasteiger partial charge in [-0.2, -0.15) is 0 Å². The molecule has 7 nitrogen and oxygen atoms in total. The summed E-state index contributed by atoms with van der Waals surface area (Å²) >= 11 is 5.96. The third-order valence-corrected chi connectivity index (χ3v) is 4.50. The molecule has 0 aliphatic heterocycles. The summed E-state index contributed by atoms with van der Waals surface area (Å²) in [6, 6.07) is 7.48. The topological polar surface area (TPSA) is 111 Å². The number of nitrogens with one attached hydrogen (secondary N) is 1. The molecule has 1 aromatic carbocycles. The number of allylic oxidation sites excluding steroid dienone is 3. The molecule has 0 radical (unpaired) electrons.